The van der Waals surface area contributed by atoms with E-state index in [0.717, 1.165) is 0 Å². The van der Waals surface area contributed by atoms with E-state index in [1.54, 1.807) is 13.8 Å². The first-order valence-corrected chi connectivity index (χ1v) is 8.96. The fourth-order valence-corrected chi connectivity index (χ4v) is 2.94. The summed E-state index contributed by atoms with van der Waals surface area (Å²) in [7, 11) is 3.03. The summed E-state index contributed by atoms with van der Waals surface area (Å²) in [6, 6.07) is 0. The van der Waals surface area contributed by atoms with E-state index in [1.807, 2.05) is 0 Å². The van der Waals surface area contributed by atoms with Crippen LogP contribution in [-0.2, 0) is 38.0 Å². The number of hydrogen-bond donors (Lipinski definition) is 1. The van der Waals surface area contributed by atoms with Crippen molar-refractivity contribution in [3.8, 4) is 0 Å². The lowest BCUT2D eigenvalue weighted by atomic mass is 9.84. The molecule has 0 bridgehead atoms. The molecule has 0 aromatic heterocycles. The van der Waals surface area contributed by atoms with E-state index >= 15 is 0 Å². The largest absolute Gasteiger partial charge is 0.494 e. The molecule has 9 nitrogen and oxygen atoms in total. The Bertz CT molecular complexity index is 635. The molecule has 2 aliphatic rings. The number of carbonyl (C=O) groups is 2. The highest BCUT2D eigenvalue weighted by Gasteiger charge is 2.41. The second-order valence-corrected chi connectivity index (χ2v) is 6.13. The minimum atomic E-state index is -0.799. The molecule has 9 heteroatoms. The van der Waals surface area contributed by atoms with Gasteiger partial charge in [-0.05, 0) is 13.8 Å². The first kappa shape index (κ1) is 21.8. The molecular formula is C19H27NO8. The van der Waals surface area contributed by atoms with Gasteiger partial charge in [0.25, 0.3) is 0 Å². The monoisotopic (exact) mass is 397 g/mol. The molecule has 2 aliphatic heterocycles. The maximum Gasteiger partial charge on any atom is 0.336 e. The predicted octanol–water partition coefficient (Wildman–Crippen LogP) is 1.02. The normalized spacial score (nSPS) is 17.4. The summed E-state index contributed by atoms with van der Waals surface area (Å²) in [5, 5.41) is 3.06. The molecule has 0 saturated heterocycles. The third kappa shape index (κ3) is 5.26. The van der Waals surface area contributed by atoms with Crippen LogP contribution in [0.3, 0.4) is 0 Å². The molecule has 0 unspecified atom stereocenters. The van der Waals surface area contributed by atoms with Gasteiger partial charge in [-0.25, -0.2) is 9.59 Å². The molecule has 0 atom stereocenters. The zero-order valence-electron chi connectivity index (χ0n) is 16.7. The van der Waals surface area contributed by atoms with Gasteiger partial charge in [-0.3, -0.25) is 0 Å². The first-order chi connectivity index (χ1) is 13.5. The van der Waals surface area contributed by atoms with Crippen molar-refractivity contribution < 1.29 is 38.0 Å². The van der Waals surface area contributed by atoms with E-state index in [0.29, 0.717) is 30.4 Å². The summed E-state index contributed by atoms with van der Waals surface area (Å²) in [4.78, 5) is 25.6. The molecule has 1 N–H and O–H groups in total. The number of dihydropyridines is 1. The molecule has 2 heterocycles. The van der Waals surface area contributed by atoms with Gasteiger partial charge in [0.1, 0.15) is 38.4 Å². The van der Waals surface area contributed by atoms with E-state index < -0.39 is 17.9 Å². The summed E-state index contributed by atoms with van der Waals surface area (Å²) in [5.41, 5.74) is 1.65. The summed E-state index contributed by atoms with van der Waals surface area (Å²) >= 11 is 0. The highest BCUT2D eigenvalue weighted by molar-refractivity contribution is 5.98. The smallest absolute Gasteiger partial charge is 0.336 e. The Hall–Kier alpha value is -2.52. The zero-order chi connectivity index (χ0) is 20.5. The molecule has 2 rings (SSSR count). The molecule has 0 radical (unpaired) electrons. The molecule has 0 aromatic carbocycles. The second kappa shape index (κ2) is 10.7. The minimum absolute atomic E-state index is 0.0888. The molecule has 156 valence electrons. The molecule has 0 spiro atoms. The second-order valence-electron chi connectivity index (χ2n) is 6.13. The van der Waals surface area contributed by atoms with Crippen molar-refractivity contribution in [3.63, 3.8) is 0 Å². The number of methoxy groups -OCH3 is 2. The fraction of sp³-hybridized carbons (Fsp3) is 0.579. The molecule has 28 heavy (non-hydrogen) atoms. The van der Waals surface area contributed by atoms with Crippen LogP contribution >= 0.6 is 0 Å². The number of rotatable bonds is 9. The maximum atomic E-state index is 12.8. The summed E-state index contributed by atoms with van der Waals surface area (Å²) in [5.74, 6) is -1.59. The van der Waals surface area contributed by atoms with Crippen molar-refractivity contribution in [2.75, 3.05) is 53.9 Å². The SMILES string of the molecule is COCCOC(=O)C1=C(C)NC(C)=C(C(=O)OCCOC)C1C1=COCCO1. The Morgan fingerprint density at radius 3 is 1.93 bits per heavy atom. The standard InChI is InChI=1S/C19H27NO8/c1-12-15(18(21)27-8-5-23-3)17(14-11-25-7-10-26-14)16(13(2)20-12)19(22)28-9-6-24-4/h11,17,20H,5-10H2,1-4H3. The van der Waals surface area contributed by atoms with E-state index in [1.165, 1.54) is 20.5 Å². The van der Waals surface area contributed by atoms with Crippen molar-refractivity contribution in [1.82, 2.24) is 5.32 Å². The molecule has 0 aliphatic carbocycles. The van der Waals surface area contributed by atoms with Crippen molar-refractivity contribution in [1.29, 1.82) is 0 Å². The third-order valence-corrected chi connectivity index (χ3v) is 4.20. The van der Waals surface area contributed by atoms with Crippen LogP contribution in [0.5, 0.6) is 0 Å². The fourth-order valence-electron chi connectivity index (χ4n) is 2.94. The van der Waals surface area contributed by atoms with Crippen LogP contribution in [0.4, 0.5) is 0 Å². The van der Waals surface area contributed by atoms with Gasteiger partial charge < -0.3 is 33.7 Å². The van der Waals surface area contributed by atoms with E-state index in [4.69, 9.17) is 28.4 Å². The number of hydrogen-bond acceptors (Lipinski definition) is 9. The van der Waals surface area contributed by atoms with Crippen LogP contribution in [0.15, 0.2) is 34.6 Å². The molecular weight excluding hydrogens is 370 g/mol. The van der Waals surface area contributed by atoms with Crippen LogP contribution in [-0.4, -0.2) is 65.8 Å². The Labute approximate surface area is 164 Å². The summed E-state index contributed by atoms with van der Waals surface area (Å²) in [6.45, 7) is 4.88. The van der Waals surface area contributed by atoms with Crippen molar-refractivity contribution in [2.45, 2.75) is 13.8 Å². The lowest BCUT2D eigenvalue weighted by Gasteiger charge is -2.32. The van der Waals surface area contributed by atoms with Crippen LogP contribution in [0, 0.1) is 5.92 Å². The Balaban J connectivity index is 2.36. The average Bonchev–Trinajstić information content (AvgIpc) is 2.68. The Kier molecular flexibility index (Phi) is 8.34. The van der Waals surface area contributed by atoms with Gasteiger partial charge in [0, 0.05) is 25.6 Å². The van der Waals surface area contributed by atoms with Gasteiger partial charge in [-0.1, -0.05) is 0 Å². The maximum absolute atomic E-state index is 12.8. The summed E-state index contributed by atoms with van der Waals surface area (Å²) < 4.78 is 31.5. The lowest BCUT2D eigenvalue weighted by molar-refractivity contribution is -0.142. The molecule has 0 fully saturated rings. The van der Waals surface area contributed by atoms with Gasteiger partial charge in [-0.15, -0.1) is 0 Å². The average molecular weight is 397 g/mol. The van der Waals surface area contributed by atoms with E-state index in [2.05, 4.69) is 5.32 Å². The summed E-state index contributed by atoms with van der Waals surface area (Å²) in [6.07, 6.45) is 1.42. The van der Waals surface area contributed by atoms with Crippen molar-refractivity contribution >= 4 is 11.9 Å². The Morgan fingerprint density at radius 1 is 0.964 bits per heavy atom. The highest BCUT2D eigenvalue weighted by Crippen LogP contribution is 2.37. The first-order valence-electron chi connectivity index (χ1n) is 8.96. The predicted molar refractivity (Wildman–Crippen MR) is 97.7 cm³/mol. The van der Waals surface area contributed by atoms with Gasteiger partial charge in [0.2, 0.25) is 0 Å². The number of nitrogens with one attached hydrogen (secondary N) is 1. The number of allylic oxidation sites excluding steroid dienone is 3. The number of esters is 2. The Morgan fingerprint density at radius 2 is 1.50 bits per heavy atom. The van der Waals surface area contributed by atoms with Crippen LogP contribution in [0.2, 0.25) is 0 Å². The molecule has 0 aromatic rings. The van der Waals surface area contributed by atoms with E-state index in [-0.39, 0.29) is 37.6 Å². The van der Waals surface area contributed by atoms with Crippen LogP contribution in [0.1, 0.15) is 13.8 Å². The highest BCUT2D eigenvalue weighted by atomic mass is 16.6. The van der Waals surface area contributed by atoms with Gasteiger partial charge in [-0.2, -0.15) is 0 Å². The topological polar surface area (TPSA) is 102 Å². The molecule has 0 saturated carbocycles. The zero-order valence-corrected chi connectivity index (χ0v) is 16.7. The van der Waals surface area contributed by atoms with Crippen molar-refractivity contribution in [2.24, 2.45) is 5.92 Å². The quantitative estimate of drug-likeness (QED) is 0.451. The van der Waals surface area contributed by atoms with E-state index in [9.17, 15) is 9.59 Å². The van der Waals surface area contributed by atoms with Gasteiger partial charge in [0.15, 0.2) is 0 Å². The van der Waals surface area contributed by atoms with Gasteiger partial charge >= 0.3 is 11.9 Å². The van der Waals surface area contributed by atoms with Gasteiger partial charge in [0.05, 0.1) is 30.3 Å². The lowest BCUT2D eigenvalue weighted by Crippen LogP contribution is -2.36. The number of ether oxygens (including phenoxy) is 6. The van der Waals surface area contributed by atoms with Crippen molar-refractivity contribution in [3.05, 3.63) is 34.6 Å². The minimum Gasteiger partial charge on any atom is -0.494 e. The van der Waals surface area contributed by atoms with Crippen LogP contribution in [0.25, 0.3) is 0 Å². The molecule has 0 amide bonds. The number of carbonyl (C=O) groups excluding carboxylic acids is 2. The van der Waals surface area contributed by atoms with Crippen LogP contribution < -0.4 is 5.32 Å². The third-order valence-electron chi connectivity index (χ3n) is 4.20.